The van der Waals surface area contributed by atoms with Crippen LogP contribution < -0.4 is 4.90 Å². The van der Waals surface area contributed by atoms with Crippen LogP contribution >= 0.6 is 0 Å². The van der Waals surface area contributed by atoms with Crippen molar-refractivity contribution in [3.63, 3.8) is 0 Å². The van der Waals surface area contributed by atoms with Gasteiger partial charge in [0.25, 0.3) is 0 Å². The highest BCUT2D eigenvalue weighted by Crippen LogP contribution is 2.13. The molecule has 16 heavy (non-hydrogen) atoms. The molecule has 4 nitrogen and oxygen atoms in total. The van der Waals surface area contributed by atoms with Crippen molar-refractivity contribution in [1.82, 2.24) is 14.9 Å². The zero-order valence-electron chi connectivity index (χ0n) is 9.56. The Morgan fingerprint density at radius 3 is 2.62 bits per heavy atom. The summed E-state index contributed by atoms with van der Waals surface area (Å²) in [5.74, 6) is 0.240. The molecule has 2 heterocycles. The van der Waals surface area contributed by atoms with Gasteiger partial charge in [-0.05, 0) is 13.0 Å². The molecule has 0 aliphatic carbocycles. The minimum absolute atomic E-state index is 0.457. The van der Waals surface area contributed by atoms with E-state index >= 15 is 0 Å². The average Bonchev–Trinajstić information content (AvgIpc) is 2.30. The lowest BCUT2D eigenvalue weighted by Crippen LogP contribution is -2.46. The fourth-order valence-corrected chi connectivity index (χ4v) is 2.01. The Balaban J connectivity index is 1.94. The number of hydrogen-bond acceptors (Lipinski definition) is 4. The van der Waals surface area contributed by atoms with Gasteiger partial charge < -0.3 is 4.90 Å². The molecule has 0 unspecified atom stereocenters. The van der Waals surface area contributed by atoms with Gasteiger partial charge >= 0.3 is 0 Å². The van der Waals surface area contributed by atoms with E-state index in [1.807, 2.05) is 0 Å². The standard InChI is InChI=1S/C11H17FN4/c1-2-3-15-4-6-16(7-5-15)11-8-10(12)13-9-14-11/h8-9H,2-7H2,1H3. The van der Waals surface area contributed by atoms with Crippen molar-refractivity contribution in [1.29, 1.82) is 0 Å². The first-order valence-corrected chi connectivity index (χ1v) is 5.74. The van der Waals surface area contributed by atoms with E-state index in [-0.39, 0.29) is 0 Å². The monoisotopic (exact) mass is 224 g/mol. The molecule has 0 aromatic carbocycles. The SMILES string of the molecule is CCCN1CCN(c2cc(F)ncn2)CC1. The first-order chi connectivity index (χ1) is 7.79. The molecule has 1 aromatic heterocycles. The van der Waals surface area contributed by atoms with Crippen molar-refractivity contribution in [2.24, 2.45) is 0 Å². The smallest absolute Gasteiger partial charge is 0.218 e. The van der Waals surface area contributed by atoms with Crippen LogP contribution in [0.25, 0.3) is 0 Å². The van der Waals surface area contributed by atoms with E-state index in [1.54, 1.807) is 0 Å². The van der Waals surface area contributed by atoms with Gasteiger partial charge in [-0.2, -0.15) is 4.39 Å². The lowest BCUT2D eigenvalue weighted by Gasteiger charge is -2.35. The summed E-state index contributed by atoms with van der Waals surface area (Å²) in [7, 11) is 0. The van der Waals surface area contributed by atoms with Crippen molar-refractivity contribution in [3.8, 4) is 0 Å². The van der Waals surface area contributed by atoms with E-state index in [0.717, 1.165) is 32.7 Å². The summed E-state index contributed by atoms with van der Waals surface area (Å²) in [5, 5.41) is 0. The molecule has 1 aliphatic heterocycles. The predicted molar refractivity (Wildman–Crippen MR) is 60.9 cm³/mol. The topological polar surface area (TPSA) is 32.3 Å². The molecule has 0 atom stereocenters. The van der Waals surface area contributed by atoms with Gasteiger partial charge in [0.05, 0.1) is 0 Å². The maximum atomic E-state index is 12.9. The van der Waals surface area contributed by atoms with Crippen LogP contribution in [0.1, 0.15) is 13.3 Å². The number of halogens is 1. The van der Waals surface area contributed by atoms with Gasteiger partial charge in [0.1, 0.15) is 12.1 Å². The number of nitrogens with zero attached hydrogens (tertiary/aromatic N) is 4. The number of aromatic nitrogens is 2. The molecule has 1 saturated heterocycles. The number of rotatable bonds is 3. The van der Waals surface area contributed by atoms with Gasteiger partial charge in [-0.15, -0.1) is 0 Å². The number of piperazine rings is 1. The van der Waals surface area contributed by atoms with Gasteiger partial charge in [-0.3, -0.25) is 4.90 Å². The molecule has 0 spiro atoms. The summed E-state index contributed by atoms with van der Waals surface area (Å²) < 4.78 is 12.9. The van der Waals surface area contributed by atoms with Crippen molar-refractivity contribution >= 4 is 5.82 Å². The van der Waals surface area contributed by atoms with E-state index in [4.69, 9.17) is 0 Å². The van der Waals surface area contributed by atoms with Crippen molar-refractivity contribution in [2.75, 3.05) is 37.6 Å². The van der Waals surface area contributed by atoms with Crippen LogP contribution in [-0.4, -0.2) is 47.6 Å². The van der Waals surface area contributed by atoms with Crippen LogP contribution in [0.15, 0.2) is 12.4 Å². The van der Waals surface area contributed by atoms with Gasteiger partial charge in [0, 0.05) is 32.2 Å². The second kappa shape index (κ2) is 5.21. The fraction of sp³-hybridized carbons (Fsp3) is 0.636. The second-order valence-electron chi connectivity index (χ2n) is 4.03. The maximum absolute atomic E-state index is 12.9. The summed E-state index contributed by atoms with van der Waals surface area (Å²) in [4.78, 5) is 12.1. The molecule has 88 valence electrons. The average molecular weight is 224 g/mol. The number of anilines is 1. The van der Waals surface area contributed by atoms with E-state index in [9.17, 15) is 4.39 Å². The Morgan fingerprint density at radius 2 is 2.00 bits per heavy atom. The third kappa shape index (κ3) is 2.66. The minimum Gasteiger partial charge on any atom is -0.354 e. The summed E-state index contributed by atoms with van der Waals surface area (Å²) in [6.07, 6.45) is 2.46. The Kier molecular flexibility index (Phi) is 3.66. The van der Waals surface area contributed by atoms with Crippen LogP contribution in [-0.2, 0) is 0 Å². The van der Waals surface area contributed by atoms with Crippen molar-refractivity contribution in [2.45, 2.75) is 13.3 Å². The van der Waals surface area contributed by atoms with Crippen LogP contribution in [0.3, 0.4) is 0 Å². The minimum atomic E-state index is -0.457. The lowest BCUT2D eigenvalue weighted by atomic mass is 10.3. The highest BCUT2D eigenvalue weighted by atomic mass is 19.1. The molecule has 0 N–H and O–H groups in total. The highest BCUT2D eigenvalue weighted by molar-refractivity contribution is 5.37. The highest BCUT2D eigenvalue weighted by Gasteiger charge is 2.17. The summed E-state index contributed by atoms with van der Waals surface area (Å²) in [6.45, 7) is 7.21. The fourth-order valence-electron chi connectivity index (χ4n) is 2.01. The zero-order valence-corrected chi connectivity index (χ0v) is 9.56. The molecular formula is C11H17FN4. The van der Waals surface area contributed by atoms with E-state index < -0.39 is 5.95 Å². The van der Waals surface area contributed by atoms with Gasteiger partial charge in [-0.1, -0.05) is 6.92 Å². The zero-order chi connectivity index (χ0) is 11.4. The molecule has 5 heteroatoms. The third-order valence-corrected chi connectivity index (χ3v) is 2.86. The molecule has 0 radical (unpaired) electrons. The first kappa shape index (κ1) is 11.3. The van der Waals surface area contributed by atoms with Crippen LogP contribution in [0.2, 0.25) is 0 Å². The molecule has 0 bridgehead atoms. The Hall–Kier alpha value is -1.23. The van der Waals surface area contributed by atoms with Crippen LogP contribution in [0, 0.1) is 5.95 Å². The lowest BCUT2D eigenvalue weighted by molar-refractivity contribution is 0.258. The summed E-state index contributed by atoms with van der Waals surface area (Å²) >= 11 is 0. The molecule has 2 rings (SSSR count). The Bertz CT molecular complexity index is 337. The van der Waals surface area contributed by atoms with Gasteiger partial charge in [0.2, 0.25) is 5.95 Å². The summed E-state index contributed by atoms with van der Waals surface area (Å²) in [6, 6.07) is 1.40. The second-order valence-corrected chi connectivity index (χ2v) is 4.03. The molecule has 1 aliphatic rings. The molecule has 1 aromatic rings. The first-order valence-electron chi connectivity index (χ1n) is 5.74. The van der Waals surface area contributed by atoms with Crippen LogP contribution in [0.5, 0.6) is 0 Å². The van der Waals surface area contributed by atoms with E-state index in [1.165, 1.54) is 18.8 Å². The molecule has 0 amide bonds. The van der Waals surface area contributed by atoms with E-state index in [2.05, 4.69) is 26.7 Å². The van der Waals surface area contributed by atoms with Crippen molar-refractivity contribution in [3.05, 3.63) is 18.3 Å². The maximum Gasteiger partial charge on any atom is 0.218 e. The molecular weight excluding hydrogens is 207 g/mol. The number of hydrogen-bond donors (Lipinski definition) is 0. The van der Waals surface area contributed by atoms with Gasteiger partial charge in [-0.25, -0.2) is 9.97 Å². The normalized spacial score (nSPS) is 17.8. The Morgan fingerprint density at radius 1 is 1.25 bits per heavy atom. The van der Waals surface area contributed by atoms with Gasteiger partial charge in [0.15, 0.2) is 0 Å². The van der Waals surface area contributed by atoms with E-state index in [0.29, 0.717) is 5.82 Å². The molecule has 0 saturated carbocycles. The van der Waals surface area contributed by atoms with Crippen molar-refractivity contribution < 1.29 is 4.39 Å². The molecule has 1 fully saturated rings. The summed E-state index contributed by atoms with van der Waals surface area (Å²) in [5.41, 5.74) is 0. The predicted octanol–water partition coefficient (Wildman–Crippen LogP) is 1.15. The largest absolute Gasteiger partial charge is 0.354 e. The quantitative estimate of drug-likeness (QED) is 0.721. The Labute approximate surface area is 95.1 Å². The van der Waals surface area contributed by atoms with Crippen LogP contribution in [0.4, 0.5) is 10.2 Å². The third-order valence-electron chi connectivity index (χ3n) is 2.86.